The Bertz CT molecular complexity index is 491. The second-order valence-electron chi connectivity index (χ2n) is 5.20. The number of nitrogens with one attached hydrogen (secondary N) is 1. The quantitative estimate of drug-likeness (QED) is 0.876. The molecule has 18 heavy (non-hydrogen) atoms. The van der Waals surface area contributed by atoms with Crippen LogP contribution >= 0.6 is 11.3 Å². The third-order valence-corrected chi connectivity index (χ3v) is 5.06. The molecule has 2 atom stereocenters. The lowest BCUT2D eigenvalue weighted by Crippen LogP contribution is -2.28. The van der Waals surface area contributed by atoms with Crippen LogP contribution in [0.4, 0.5) is 0 Å². The number of thiophene rings is 1. The van der Waals surface area contributed by atoms with Gasteiger partial charge in [0, 0.05) is 22.1 Å². The minimum Gasteiger partial charge on any atom is -0.310 e. The van der Waals surface area contributed by atoms with E-state index >= 15 is 0 Å². The third-order valence-electron chi connectivity index (χ3n) is 2.91. The van der Waals surface area contributed by atoms with Gasteiger partial charge in [-0.05, 0) is 44.9 Å². The molecule has 1 aromatic rings. The van der Waals surface area contributed by atoms with Crippen molar-refractivity contribution in [3.63, 3.8) is 0 Å². The number of hydrogen-bond donors (Lipinski definition) is 1. The van der Waals surface area contributed by atoms with Gasteiger partial charge in [0.25, 0.3) is 0 Å². The normalized spacial score (nSPS) is 15.6. The molecule has 0 spiro atoms. The molecule has 1 N–H and O–H groups in total. The lowest BCUT2D eigenvalue weighted by molar-refractivity contribution is 0.491. The van der Waals surface area contributed by atoms with Crippen LogP contribution in [0, 0.1) is 19.8 Å². The molecule has 0 aromatic carbocycles. The van der Waals surface area contributed by atoms with Gasteiger partial charge in [-0.1, -0.05) is 6.92 Å². The molecule has 1 heterocycles. The van der Waals surface area contributed by atoms with Crippen molar-refractivity contribution >= 4 is 21.2 Å². The van der Waals surface area contributed by atoms with E-state index in [1.165, 1.54) is 21.6 Å². The highest BCUT2D eigenvalue weighted by Crippen LogP contribution is 2.26. The Balaban J connectivity index is 2.51. The highest BCUT2D eigenvalue weighted by Gasteiger charge is 2.14. The summed E-state index contributed by atoms with van der Waals surface area (Å²) in [5.74, 6) is 0.386. The summed E-state index contributed by atoms with van der Waals surface area (Å²) in [6.07, 6.45) is 1.29. The highest BCUT2D eigenvalue weighted by molar-refractivity contribution is 7.90. The standard InChI is InChI=1S/C13H23NO2S2/c1-9(8-18(5,15)16)7-14-11(3)13-6-10(2)17-12(13)4/h6,9,11,14H,7-8H2,1-5H3. The molecule has 104 valence electrons. The lowest BCUT2D eigenvalue weighted by atomic mass is 10.1. The van der Waals surface area contributed by atoms with Gasteiger partial charge in [0.15, 0.2) is 0 Å². The second-order valence-corrected chi connectivity index (χ2v) is 8.84. The molecule has 3 nitrogen and oxygen atoms in total. The van der Waals surface area contributed by atoms with Crippen molar-refractivity contribution in [3.8, 4) is 0 Å². The molecule has 0 aliphatic heterocycles. The Morgan fingerprint density at radius 1 is 1.33 bits per heavy atom. The molecule has 1 rings (SSSR count). The van der Waals surface area contributed by atoms with Crippen LogP contribution in [-0.2, 0) is 9.84 Å². The van der Waals surface area contributed by atoms with Crippen molar-refractivity contribution in [2.24, 2.45) is 5.92 Å². The van der Waals surface area contributed by atoms with Crippen molar-refractivity contribution < 1.29 is 8.42 Å². The smallest absolute Gasteiger partial charge is 0.147 e. The van der Waals surface area contributed by atoms with E-state index in [2.05, 4.69) is 32.2 Å². The highest BCUT2D eigenvalue weighted by atomic mass is 32.2. The van der Waals surface area contributed by atoms with Crippen molar-refractivity contribution in [3.05, 3.63) is 21.4 Å². The molecule has 0 fully saturated rings. The van der Waals surface area contributed by atoms with E-state index in [4.69, 9.17) is 0 Å². The van der Waals surface area contributed by atoms with Crippen molar-refractivity contribution in [2.45, 2.75) is 33.7 Å². The van der Waals surface area contributed by atoms with Crippen LogP contribution in [0.1, 0.15) is 35.2 Å². The molecule has 0 saturated carbocycles. The Morgan fingerprint density at radius 3 is 2.39 bits per heavy atom. The van der Waals surface area contributed by atoms with Gasteiger partial charge < -0.3 is 5.32 Å². The number of sulfone groups is 1. The van der Waals surface area contributed by atoms with Crippen molar-refractivity contribution in [1.82, 2.24) is 5.32 Å². The zero-order chi connectivity index (χ0) is 13.9. The van der Waals surface area contributed by atoms with Gasteiger partial charge >= 0.3 is 0 Å². The summed E-state index contributed by atoms with van der Waals surface area (Å²) in [6.45, 7) is 9.06. The summed E-state index contributed by atoms with van der Waals surface area (Å²) in [5, 5.41) is 3.42. The zero-order valence-corrected chi connectivity index (χ0v) is 13.4. The van der Waals surface area contributed by atoms with E-state index in [1.54, 1.807) is 11.3 Å². The predicted molar refractivity (Wildman–Crippen MR) is 79.1 cm³/mol. The van der Waals surface area contributed by atoms with Crippen LogP contribution in [0.25, 0.3) is 0 Å². The molecule has 0 amide bonds. The summed E-state index contributed by atoms with van der Waals surface area (Å²) in [7, 11) is -2.88. The van der Waals surface area contributed by atoms with E-state index in [0.29, 0.717) is 0 Å². The largest absolute Gasteiger partial charge is 0.310 e. The van der Waals surface area contributed by atoms with E-state index in [9.17, 15) is 8.42 Å². The number of rotatable bonds is 6. The van der Waals surface area contributed by atoms with E-state index in [-0.39, 0.29) is 17.7 Å². The molecule has 0 saturated heterocycles. The maximum absolute atomic E-state index is 11.2. The van der Waals surface area contributed by atoms with Crippen LogP contribution in [-0.4, -0.2) is 27.0 Å². The van der Waals surface area contributed by atoms with Gasteiger partial charge in [-0.15, -0.1) is 11.3 Å². The monoisotopic (exact) mass is 289 g/mol. The third kappa shape index (κ3) is 5.08. The van der Waals surface area contributed by atoms with Crippen LogP contribution in [0.15, 0.2) is 6.07 Å². The van der Waals surface area contributed by atoms with Crippen LogP contribution < -0.4 is 5.32 Å². The first kappa shape index (κ1) is 15.7. The summed E-state index contributed by atoms with van der Waals surface area (Å²) in [5.41, 5.74) is 1.32. The minimum atomic E-state index is -2.88. The van der Waals surface area contributed by atoms with Gasteiger partial charge in [0.05, 0.1) is 5.75 Å². The van der Waals surface area contributed by atoms with Gasteiger partial charge in [0.2, 0.25) is 0 Å². The zero-order valence-electron chi connectivity index (χ0n) is 11.8. The Morgan fingerprint density at radius 2 is 1.94 bits per heavy atom. The van der Waals surface area contributed by atoms with Gasteiger partial charge in [-0.25, -0.2) is 8.42 Å². The van der Waals surface area contributed by atoms with Gasteiger partial charge in [0.1, 0.15) is 9.84 Å². The first-order chi connectivity index (χ1) is 8.19. The molecular weight excluding hydrogens is 266 g/mol. The maximum Gasteiger partial charge on any atom is 0.147 e. The van der Waals surface area contributed by atoms with Crippen LogP contribution in [0.2, 0.25) is 0 Å². The molecule has 0 radical (unpaired) electrons. The van der Waals surface area contributed by atoms with Crippen LogP contribution in [0.5, 0.6) is 0 Å². The summed E-state index contributed by atoms with van der Waals surface area (Å²) >= 11 is 1.81. The minimum absolute atomic E-state index is 0.141. The van der Waals surface area contributed by atoms with Crippen molar-refractivity contribution in [2.75, 3.05) is 18.6 Å². The fourth-order valence-electron chi connectivity index (χ4n) is 2.14. The first-order valence-corrected chi connectivity index (χ1v) is 9.04. The van der Waals surface area contributed by atoms with Gasteiger partial charge in [-0.3, -0.25) is 0 Å². The Kier molecular flexibility index (Phi) is 5.37. The molecular formula is C13H23NO2S2. The molecule has 1 aromatic heterocycles. The second kappa shape index (κ2) is 6.17. The summed E-state index contributed by atoms with van der Waals surface area (Å²) < 4.78 is 22.4. The summed E-state index contributed by atoms with van der Waals surface area (Å²) in [6, 6.07) is 2.48. The SMILES string of the molecule is Cc1cc(C(C)NCC(C)CS(C)(=O)=O)c(C)s1. The predicted octanol–water partition coefficient (Wildman–Crippen LogP) is 2.70. The average Bonchev–Trinajstić information content (AvgIpc) is 2.52. The average molecular weight is 289 g/mol. The van der Waals surface area contributed by atoms with E-state index in [1.807, 2.05) is 6.92 Å². The fraction of sp³-hybridized carbons (Fsp3) is 0.692. The first-order valence-electron chi connectivity index (χ1n) is 6.17. The Hall–Kier alpha value is -0.390. The molecule has 0 aliphatic rings. The molecule has 5 heteroatoms. The van der Waals surface area contributed by atoms with Crippen molar-refractivity contribution in [1.29, 1.82) is 0 Å². The number of hydrogen-bond acceptors (Lipinski definition) is 4. The number of aryl methyl sites for hydroxylation is 2. The molecule has 0 aliphatic carbocycles. The van der Waals surface area contributed by atoms with Gasteiger partial charge in [-0.2, -0.15) is 0 Å². The van der Waals surface area contributed by atoms with Crippen LogP contribution in [0.3, 0.4) is 0 Å². The molecule has 0 bridgehead atoms. The fourth-order valence-corrected chi connectivity index (χ4v) is 4.32. The van der Waals surface area contributed by atoms with E-state index in [0.717, 1.165) is 6.54 Å². The molecule has 2 unspecified atom stereocenters. The topological polar surface area (TPSA) is 46.2 Å². The summed E-state index contributed by atoms with van der Waals surface area (Å²) in [4.78, 5) is 2.66. The maximum atomic E-state index is 11.2. The lowest BCUT2D eigenvalue weighted by Gasteiger charge is -2.17. The Labute approximate surface area is 115 Å². The van der Waals surface area contributed by atoms with E-state index < -0.39 is 9.84 Å².